The molecule has 0 radical (unpaired) electrons. The van der Waals surface area contributed by atoms with E-state index in [1.165, 1.54) is 128 Å². The third-order valence-corrected chi connectivity index (χ3v) is 18.4. The van der Waals surface area contributed by atoms with Gasteiger partial charge in [0.25, 0.3) is 0 Å². The molecule has 528 valence electrons. The molecular weight excluding hydrogens is 1160 g/mol. The maximum Gasteiger partial charge on any atom is 0.161 e. The number of hydrogen-bond acceptors (Lipinski definition) is 10. The van der Waals surface area contributed by atoms with Crippen molar-refractivity contribution in [3.05, 3.63) is 72.1 Å². The monoisotopic (exact) mass is 1300 g/mol. The molecule has 0 bridgehead atoms. The minimum absolute atomic E-state index is 0.212. The lowest BCUT2D eigenvalue weighted by Crippen LogP contribution is -2.08. The molecule has 0 aliphatic rings. The van der Waals surface area contributed by atoms with E-state index in [-0.39, 0.29) is 11.6 Å². The highest BCUT2D eigenvalue weighted by Gasteiger charge is 2.21. The van der Waals surface area contributed by atoms with Crippen molar-refractivity contribution in [2.75, 3.05) is 37.1 Å². The second-order valence-corrected chi connectivity index (χ2v) is 27.0. The normalized spacial score (nSPS) is 11.8. The average molecular weight is 1300 g/mol. The van der Waals surface area contributed by atoms with Gasteiger partial charge in [-0.25, -0.2) is 9.97 Å². The van der Waals surface area contributed by atoms with Crippen LogP contribution in [0.5, 0.6) is 23.0 Å². The number of rotatable bonds is 62. The van der Waals surface area contributed by atoms with Gasteiger partial charge in [-0.1, -0.05) is 274 Å². The predicted molar refractivity (Wildman–Crippen MR) is 404 cm³/mol. The first-order valence-corrected chi connectivity index (χ1v) is 39.4. The van der Waals surface area contributed by atoms with Crippen molar-refractivity contribution in [3.8, 4) is 45.5 Å². The fraction of sp³-hybridized carbons (Fsp3) is 0.690. The number of nitrogens with one attached hydrogen (secondary N) is 2. The van der Waals surface area contributed by atoms with Crippen molar-refractivity contribution in [1.29, 1.82) is 0 Å². The molecule has 0 spiro atoms. The molecule has 0 fully saturated rings. The number of fused-ring (bicyclic) bond motifs is 1. The number of ether oxygens (including phenoxy) is 4. The highest BCUT2D eigenvalue weighted by molar-refractivity contribution is 5.98. The summed E-state index contributed by atoms with van der Waals surface area (Å²) < 4.78 is 26.8. The molecule has 94 heavy (non-hydrogen) atoms. The number of nitrogens with zero attached hydrogens (tertiary/aromatic N) is 2. The summed E-state index contributed by atoms with van der Waals surface area (Å²) in [6.07, 6.45) is 54.3. The minimum Gasteiger partial charge on any atom is -0.490 e. The molecule has 0 aliphatic carbocycles. The van der Waals surface area contributed by atoms with Gasteiger partial charge in [-0.15, -0.1) is 0 Å². The van der Waals surface area contributed by atoms with Crippen molar-refractivity contribution in [1.82, 2.24) is 9.97 Å². The number of ketones is 2. The van der Waals surface area contributed by atoms with Gasteiger partial charge < -0.3 is 29.6 Å². The third kappa shape index (κ3) is 34.0. The van der Waals surface area contributed by atoms with E-state index < -0.39 is 0 Å². The first kappa shape index (κ1) is 81.1. The lowest BCUT2D eigenvalue weighted by Gasteiger charge is -2.18. The van der Waals surface area contributed by atoms with Crippen LogP contribution in [0, 0.1) is 0 Å². The van der Waals surface area contributed by atoms with Crippen molar-refractivity contribution in [3.63, 3.8) is 0 Å². The van der Waals surface area contributed by atoms with E-state index in [1.807, 2.05) is 12.4 Å². The number of allylic oxidation sites excluding steroid dienone is 2. The number of carbonyl (C=O) groups is 2. The smallest absolute Gasteiger partial charge is 0.161 e. The molecule has 4 aromatic rings. The standard InChI is InChI=1S/C84H136N4O6/c1-9-17-25-33-39-47-59-91-79-57-55-69(63-81(79)93-61-49-41-35-27-19-11-3)83-84(70-56-58-80(92-60-48-40-34-26-18-10-2)82(64-70)94-62-50-42-36-28-20-12-4)88-76-66-74(86-68-72(52-44-32-24-16-8)78(90)54-46-38-30-22-14-6)73(65-75(76)87-83)85-67-71(51-43-31-23-15-7)77(89)53-45-37-29-21-13-5/h55-58,63-68,85-86H,9-54,59-62H2,1-8H3/b71-67-,72-68+. The molecule has 0 amide bonds. The van der Waals surface area contributed by atoms with Crippen LogP contribution < -0.4 is 29.6 Å². The highest BCUT2D eigenvalue weighted by Crippen LogP contribution is 2.41. The predicted octanol–water partition coefficient (Wildman–Crippen LogP) is 26.3. The fourth-order valence-electron chi connectivity index (χ4n) is 12.3. The number of unbranched alkanes of at least 4 members (excludes halogenated alkanes) is 34. The fourth-order valence-corrected chi connectivity index (χ4v) is 12.3. The Morgan fingerprint density at radius 1 is 0.309 bits per heavy atom. The molecular formula is C84H136N4O6. The van der Waals surface area contributed by atoms with E-state index in [9.17, 15) is 9.59 Å². The Bertz CT molecular complexity index is 2500. The second-order valence-electron chi connectivity index (χ2n) is 27.0. The molecule has 0 saturated carbocycles. The largest absolute Gasteiger partial charge is 0.490 e. The molecule has 0 atom stereocenters. The highest BCUT2D eigenvalue weighted by atomic mass is 16.5. The van der Waals surface area contributed by atoms with Crippen LogP contribution in [-0.2, 0) is 9.59 Å². The quantitative estimate of drug-likeness (QED) is 0.0327. The van der Waals surface area contributed by atoms with Crippen LogP contribution >= 0.6 is 0 Å². The average Bonchev–Trinajstić information content (AvgIpc) is 0.766. The van der Waals surface area contributed by atoms with Gasteiger partial charge in [0.2, 0.25) is 0 Å². The van der Waals surface area contributed by atoms with E-state index in [0.29, 0.717) is 86.0 Å². The van der Waals surface area contributed by atoms with Crippen LogP contribution in [0.3, 0.4) is 0 Å². The Kier molecular flexibility index (Phi) is 46.3. The zero-order valence-corrected chi connectivity index (χ0v) is 61.5. The Labute approximate surface area is 575 Å². The van der Waals surface area contributed by atoms with Crippen LogP contribution in [0.2, 0.25) is 0 Å². The van der Waals surface area contributed by atoms with Crippen molar-refractivity contribution in [2.24, 2.45) is 0 Å². The minimum atomic E-state index is 0.212. The van der Waals surface area contributed by atoms with Gasteiger partial charge in [0.05, 0.1) is 60.2 Å². The number of anilines is 2. The van der Waals surface area contributed by atoms with Crippen LogP contribution in [0.15, 0.2) is 72.1 Å². The van der Waals surface area contributed by atoms with Crippen LogP contribution in [0.4, 0.5) is 11.4 Å². The van der Waals surface area contributed by atoms with Gasteiger partial charge in [-0.3, -0.25) is 9.59 Å². The summed E-state index contributed by atoms with van der Waals surface area (Å²) in [5.41, 5.74) is 7.70. The Morgan fingerprint density at radius 3 is 0.872 bits per heavy atom. The van der Waals surface area contributed by atoms with Crippen LogP contribution in [-0.4, -0.2) is 48.0 Å². The van der Waals surface area contributed by atoms with Gasteiger partial charge in [-0.2, -0.15) is 0 Å². The van der Waals surface area contributed by atoms with Gasteiger partial charge in [0.15, 0.2) is 34.6 Å². The first-order valence-electron chi connectivity index (χ1n) is 39.4. The van der Waals surface area contributed by atoms with Gasteiger partial charge >= 0.3 is 0 Å². The summed E-state index contributed by atoms with van der Waals surface area (Å²) in [7, 11) is 0. The third-order valence-electron chi connectivity index (χ3n) is 18.4. The number of benzene rings is 3. The van der Waals surface area contributed by atoms with Gasteiger partial charge in [-0.05, 0) is 113 Å². The van der Waals surface area contributed by atoms with E-state index in [4.69, 9.17) is 28.9 Å². The number of carbonyl (C=O) groups excluding carboxylic acids is 2. The number of aromatic nitrogens is 2. The van der Waals surface area contributed by atoms with Crippen molar-refractivity contribution < 1.29 is 28.5 Å². The molecule has 1 aromatic heterocycles. The molecule has 4 rings (SSSR count). The Balaban J connectivity index is 2.02. The molecule has 1 heterocycles. The summed E-state index contributed by atoms with van der Waals surface area (Å²) in [4.78, 5) is 39.9. The van der Waals surface area contributed by atoms with Gasteiger partial charge in [0, 0.05) is 47.5 Å². The molecule has 0 saturated heterocycles. The van der Waals surface area contributed by atoms with Crippen molar-refractivity contribution in [2.45, 2.75) is 351 Å². The molecule has 2 N–H and O–H groups in total. The zero-order valence-electron chi connectivity index (χ0n) is 61.5. The molecule has 0 unspecified atom stereocenters. The maximum atomic E-state index is 14.3. The van der Waals surface area contributed by atoms with E-state index in [2.05, 4.69) is 115 Å². The Hall–Kier alpha value is -5.38. The topological polar surface area (TPSA) is 121 Å². The summed E-state index contributed by atoms with van der Waals surface area (Å²) in [6, 6.07) is 16.8. The molecule has 3 aromatic carbocycles. The SMILES string of the molecule is CCCCCCCCOc1ccc(-c2nc3cc(N/C=C(/CCCCCC)C(=O)CCCCCCC)c(N/C=C(\CCCCCC)C(=O)CCCCCCC)cc3nc2-c2ccc(OCCCCCCCC)c(OCCCCCCCC)c2)cc1OCCCCCCCC. The molecule has 0 aliphatic heterocycles. The summed E-state index contributed by atoms with van der Waals surface area (Å²) in [6.45, 7) is 20.4. The number of hydrogen-bond donors (Lipinski definition) is 2. The maximum absolute atomic E-state index is 14.3. The summed E-state index contributed by atoms with van der Waals surface area (Å²) >= 11 is 0. The lowest BCUT2D eigenvalue weighted by molar-refractivity contribution is -0.116. The second kappa shape index (κ2) is 53.7. The first-order chi connectivity index (χ1) is 46.2. The van der Waals surface area contributed by atoms with Crippen molar-refractivity contribution >= 4 is 34.0 Å². The van der Waals surface area contributed by atoms with Crippen LogP contribution in [0.25, 0.3) is 33.5 Å². The summed E-state index contributed by atoms with van der Waals surface area (Å²) in [5, 5.41) is 7.40. The van der Waals surface area contributed by atoms with E-state index in [0.717, 1.165) is 186 Å². The Morgan fingerprint density at radius 2 is 0.564 bits per heavy atom. The van der Waals surface area contributed by atoms with Crippen LogP contribution in [0.1, 0.15) is 351 Å². The molecule has 10 nitrogen and oxygen atoms in total. The summed E-state index contributed by atoms with van der Waals surface area (Å²) in [5.74, 6) is 3.35. The van der Waals surface area contributed by atoms with E-state index >= 15 is 0 Å². The lowest BCUT2D eigenvalue weighted by atomic mass is 9.99. The zero-order chi connectivity index (χ0) is 67.3. The molecule has 10 heteroatoms. The van der Waals surface area contributed by atoms with E-state index in [1.54, 1.807) is 0 Å². The number of Topliss-reactive ketones (excluding diaryl/α,β-unsaturated/α-hetero) is 2. The van der Waals surface area contributed by atoms with Gasteiger partial charge in [0.1, 0.15) is 0 Å².